The first kappa shape index (κ1) is 9.16. The van der Waals surface area contributed by atoms with E-state index in [-0.39, 0.29) is 5.78 Å². The molecule has 0 bridgehead atoms. The maximum absolute atomic E-state index is 11.8. The Morgan fingerprint density at radius 3 is 1.77 bits per heavy atom. The van der Waals surface area contributed by atoms with Crippen molar-refractivity contribution in [2.24, 2.45) is 10.8 Å². The van der Waals surface area contributed by atoms with Crippen LogP contribution in [0.2, 0.25) is 0 Å². The van der Waals surface area contributed by atoms with Gasteiger partial charge in [0.05, 0.1) is 24.0 Å². The van der Waals surface area contributed by atoms with E-state index in [0.717, 1.165) is 0 Å². The molecule has 3 nitrogen and oxygen atoms in total. The van der Waals surface area contributed by atoms with Crippen molar-refractivity contribution in [1.29, 1.82) is 0 Å². The summed E-state index contributed by atoms with van der Waals surface area (Å²) in [7, 11) is 0. The first-order valence-corrected chi connectivity index (χ1v) is 4.69. The van der Waals surface area contributed by atoms with E-state index < -0.39 is 16.6 Å². The van der Waals surface area contributed by atoms with Crippen LogP contribution in [0.15, 0.2) is 0 Å². The number of hydrogen-bond acceptors (Lipinski definition) is 3. The molecular weight excluding hydrogens is 168 g/mol. The van der Waals surface area contributed by atoms with E-state index >= 15 is 0 Å². The molecule has 0 aromatic rings. The molecule has 13 heavy (non-hydrogen) atoms. The minimum Gasteiger partial charge on any atom is -0.346 e. The molecule has 0 unspecified atom stereocenters. The van der Waals surface area contributed by atoms with Crippen LogP contribution in [0.25, 0.3) is 0 Å². The molecule has 0 atom stereocenters. The Morgan fingerprint density at radius 2 is 1.38 bits per heavy atom. The number of Topliss-reactive ketones (excluding diaryl/α,β-unsaturated/α-hetero) is 1. The van der Waals surface area contributed by atoms with Gasteiger partial charge in [0.1, 0.15) is 0 Å². The Bertz CT molecular complexity index is 239. The zero-order valence-corrected chi connectivity index (χ0v) is 8.64. The van der Waals surface area contributed by atoms with Crippen LogP contribution in [0.1, 0.15) is 27.7 Å². The fourth-order valence-electron chi connectivity index (χ4n) is 2.93. The Labute approximate surface area is 78.4 Å². The van der Waals surface area contributed by atoms with Crippen LogP contribution >= 0.6 is 0 Å². The molecule has 2 aliphatic rings. The summed E-state index contributed by atoms with van der Waals surface area (Å²) in [5.41, 5.74) is -0.986. The van der Waals surface area contributed by atoms with E-state index in [1.807, 2.05) is 27.7 Å². The molecule has 1 saturated carbocycles. The van der Waals surface area contributed by atoms with Gasteiger partial charge in [-0.05, 0) is 27.7 Å². The van der Waals surface area contributed by atoms with Gasteiger partial charge in [0.2, 0.25) is 0 Å². The number of hydrogen-bond donors (Lipinski definition) is 0. The van der Waals surface area contributed by atoms with Crippen molar-refractivity contribution in [1.82, 2.24) is 0 Å². The van der Waals surface area contributed by atoms with Gasteiger partial charge in [0.15, 0.2) is 11.6 Å². The lowest BCUT2D eigenvalue weighted by atomic mass is 9.49. The Morgan fingerprint density at radius 1 is 1.00 bits per heavy atom. The molecule has 1 spiro atoms. The predicted octanol–water partition coefficient (Wildman–Crippen LogP) is 1.36. The SMILES string of the molecule is CC1(C)C(=O)C(C)(C)C12OCCO2. The van der Waals surface area contributed by atoms with Crippen LogP contribution in [-0.4, -0.2) is 24.8 Å². The molecule has 1 aliphatic carbocycles. The molecule has 1 saturated heterocycles. The average Bonchev–Trinajstić information content (AvgIpc) is 2.52. The van der Waals surface area contributed by atoms with E-state index in [0.29, 0.717) is 13.2 Å². The molecular formula is C10H16O3. The van der Waals surface area contributed by atoms with Crippen molar-refractivity contribution in [3.63, 3.8) is 0 Å². The number of carbonyl (C=O) groups is 1. The zero-order chi connectivity index (χ0) is 9.91. The van der Waals surface area contributed by atoms with Crippen LogP contribution < -0.4 is 0 Å². The quantitative estimate of drug-likeness (QED) is 0.570. The number of ketones is 1. The molecule has 2 fully saturated rings. The smallest absolute Gasteiger partial charge is 0.192 e. The monoisotopic (exact) mass is 184 g/mol. The minimum atomic E-state index is -0.670. The van der Waals surface area contributed by atoms with Gasteiger partial charge in [-0.15, -0.1) is 0 Å². The topological polar surface area (TPSA) is 35.5 Å². The van der Waals surface area contributed by atoms with Gasteiger partial charge in [0.25, 0.3) is 0 Å². The highest BCUT2D eigenvalue weighted by Gasteiger charge is 2.76. The molecule has 0 N–H and O–H groups in total. The van der Waals surface area contributed by atoms with Gasteiger partial charge < -0.3 is 9.47 Å². The van der Waals surface area contributed by atoms with Gasteiger partial charge in [-0.1, -0.05) is 0 Å². The summed E-state index contributed by atoms with van der Waals surface area (Å²) < 4.78 is 11.3. The Balaban J connectivity index is 2.42. The maximum Gasteiger partial charge on any atom is 0.192 e. The lowest BCUT2D eigenvalue weighted by Gasteiger charge is -2.60. The fraction of sp³-hybridized carbons (Fsp3) is 0.900. The Kier molecular flexibility index (Phi) is 1.51. The van der Waals surface area contributed by atoms with Crippen LogP contribution in [0, 0.1) is 10.8 Å². The molecule has 3 heteroatoms. The summed E-state index contributed by atoms with van der Waals surface area (Å²) >= 11 is 0. The van der Waals surface area contributed by atoms with Crippen LogP contribution in [0.3, 0.4) is 0 Å². The average molecular weight is 184 g/mol. The first-order chi connectivity index (χ1) is 5.86. The summed E-state index contributed by atoms with van der Waals surface area (Å²) in [6.45, 7) is 8.77. The van der Waals surface area contributed by atoms with Crippen molar-refractivity contribution < 1.29 is 14.3 Å². The highest BCUT2D eigenvalue weighted by molar-refractivity contribution is 5.98. The normalized spacial score (nSPS) is 33.4. The zero-order valence-electron chi connectivity index (χ0n) is 8.64. The molecule has 1 aliphatic heterocycles. The molecule has 74 valence electrons. The van der Waals surface area contributed by atoms with E-state index in [2.05, 4.69) is 0 Å². The highest BCUT2D eigenvalue weighted by Crippen LogP contribution is 2.62. The second kappa shape index (κ2) is 2.15. The molecule has 0 aromatic heterocycles. The third-order valence-electron chi connectivity index (χ3n) is 3.47. The predicted molar refractivity (Wildman–Crippen MR) is 47.2 cm³/mol. The van der Waals surface area contributed by atoms with Crippen molar-refractivity contribution in [3.8, 4) is 0 Å². The van der Waals surface area contributed by atoms with Crippen LogP contribution in [0.5, 0.6) is 0 Å². The summed E-state index contributed by atoms with van der Waals surface area (Å²) in [4.78, 5) is 11.8. The standard InChI is InChI=1S/C10H16O3/c1-8(2)7(11)9(3,4)10(8)12-5-6-13-10/h5-6H2,1-4H3. The van der Waals surface area contributed by atoms with Gasteiger partial charge in [-0.25, -0.2) is 0 Å². The van der Waals surface area contributed by atoms with Crippen LogP contribution in [-0.2, 0) is 14.3 Å². The summed E-state index contributed by atoms with van der Waals surface area (Å²) in [5.74, 6) is -0.446. The third-order valence-corrected chi connectivity index (χ3v) is 3.47. The van der Waals surface area contributed by atoms with Crippen LogP contribution in [0.4, 0.5) is 0 Å². The van der Waals surface area contributed by atoms with E-state index in [1.165, 1.54) is 0 Å². The number of carbonyl (C=O) groups excluding carboxylic acids is 1. The molecule has 1 heterocycles. The largest absolute Gasteiger partial charge is 0.346 e. The van der Waals surface area contributed by atoms with Crippen molar-refractivity contribution in [3.05, 3.63) is 0 Å². The van der Waals surface area contributed by atoms with Gasteiger partial charge in [-0.2, -0.15) is 0 Å². The van der Waals surface area contributed by atoms with E-state index in [9.17, 15) is 4.79 Å². The molecule has 0 amide bonds. The molecule has 2 rings (SSSR count). The number of rotatable bonds is 0. The van der Waals surface area contributed by atoms with Crippen molar-refractivity contribution >= 4 is 5.78 Å². The van der Waals surface area contributed by atoms with Gasteiger partial charge >= 0.3 is 0 Å². The summed E-state index contributed by atoms with van der Waals surface area (Å²) in [6, 6.07) is 0. The van der Waals surface area contributed by atoms with Gasteiger partial charge in [0, 0.05) is 0 Å². The Hall–Kier alpha value is -0.410. The van der Waals surface area contributed by atoms with E-state index in [4.69, 9.17) is 9.47 Å². The summed E-state index contributed by atoms with van der Waals surface area (Å²) in [5, 5.41) is 0. The molecule has 0 aromatic carbocycles. The summed E-state index contributed by atoms with van der Waals surface area (Å²) in [6.07, 6.45) is 0. The lowest BCUT2D eigenvalue weighted by Crippen LogP contribution is -2.74. The third kappa shape index (κ3) is 0.716. The minimum absolute atomic E-state index is 0.224. The second-order valence-corrected chi connectivity index (χ2v) is 4.89. The van der Waals surface area contributed by atoms with Gasteiger partial charge in [-0.3, -0.25) is 4.79 Å². The van der Waals surface area contributed by atoms with Crippen molar-refractivity contribution in [2.45, 2.75) is 33.5 Å². The number of ether oxygens (including phenoxy) is 2. The van der Waals surface area contributed by atoms with Crippen molar-refractivity contribution in [2.75, 3.05) is 13.2 Å². The molecule has 0 radical (unpaired) electrons. The lowest BCUT2D eigenvalue weighted by molar-refractivity contribution is -0.318. The second-order valence-electron chi connectivity index (χ2n) is 4.89. The maximum atomic E-state index is 11.8. The first-order valence-electron chi connectivity index (χ1n) is 4.69. The van der Waals surface area contributed by atoms with E-state index in [1.54, 1.807) is 0 Å². The highest BCUT2D eigenvalue weighted by atomic mass is 16.7. The fourth-order valence-corrected chi connectivity index (χ4v) is 2.93.